The Morgan fingerprint density at radius 2 is 1.96 bits per heavy atom. The Morgan fingerprint density at radius 1 is 1.19 bits per heavy atom. The lowest BCUT2D eigenvalue weighted by Gasteiger charge is -2.33. The first-order valence-corrected chi connectivity index (χ1v) is 9.73. The number of carbonyl (C=O) groups is 2. The number of nitrogens with one attached hydrogen (secondary N) is 2. The normalized spacial score (nSPS) is 21.8. The van der Waals surface area contributed by atoms with Gasteiger partial charge in [0.15, 0.2) is 0 Å². The van der Waals surface area contributed by atoms with E-state index in [-0.39, 0.29) is 11.8 Å². The predicted octanol–water partition coefficient (Wildman–Crippen LogP) is 3.10. The molecule has 1 aromatic carbocycles. The molecule has 1 aromatic heterocycles. The van der Waals surface area contributed by atoms with Gasteiger partial charge in [-0.05, 0) is 49.7 Å². The molecule has 0 spiro atoms. The Labute approximate surface area is 154 Å². The summed E-state index contributed by atoms with van der Waals surface area (Å²) in [6.45, 7) is 4.48. The van der Waals surface area contributed by atoms with E-state index in [4.69, 9.17) is 0 Å². The number of rotatable bonds is 3. The fraction of sp³-hybridized carbons (Fsp3) is 0.524. The zero-order chi connectivity index (χ0) is 18.1. The molecule has 2 aliphatic rings. The van der Waals surface area contributed by atoms with Crippen molar-refractivity contribution in [2.75, 3.05) is 19.6 Å². The van der Waals surface area contributed by atoms with Crippen LogP contribution in [0.1, 0.15) is 49.3 Å². The second-order valence-corrected chi connectivity index (χ2v) is 7.78. The van der Waals surface area contributed by atoms with Gasteiger partial charge in [0.2, 0.25) is 11.8 Å². The van der Waals surface area contributed by atoms with Crippen LogP contribution in [0.15, 0.2) is 24.3 Å². The lowest BCUT2D eigenvalue weighted by Crippen LogP contribution is -2.41. The molecule has 2 saturated heterocycles. The van der Waals surface area contributed by atoms with Crippen LogP contribution in [0.5, 0.6) is 0 Å². The highest BCUT2D eigenvalue weighted by atomic mass is 16.2. The molecule has 0 saturated carbocycles. The number of aromatic nitrogens is 1. The van der Waals surface area contributed by atoms with Gasteiger partial charge in [-0.25, -0.2) is 0 Å². The molecule has 26 heavy (non-hydrogen) atoms. The highest BCUT2D eigenvalue weighted by molar-refractivity contribution is 5.85. The number of likely N-dealkylation sites (tertiary alicyclic amines) is 1. The van der Waals surface area contributed by atoms with Gasteiger partial charge in [0.1, 0.15) is 0 Å². The minimum atomic E-state index is 0.114. The Bertz CT molecular complexity index is 808. The molecule has 1 atom stereocenters. The van der Waals surface area contributed by atoms with E-state index < -0.39 is 0 Å². The second kappa shape index (κ2) is 7.14. The molecule has 5 heteroatoms. The first-order valence-electron chi connectivity index (χ1n) is 9.73. The summed E-state index contributed by atoms with van der Waals surface area (Å²) < 4.78 is 0. The Hall–Kier alpha value is -2.30. The Kier molecular flexibility index (Phi) is 4.70. The maximum Gasteiger partial charge on any atom is 0.222 e. The summed E-state index contributed by atoms with van der Waals surface area (Å²) >= 11 is 0. The third-order valence-electron chi connectivity index (χ3n) is 6.03. The Morgan fingerprint density at radius 3 is 2.69 bits per heavy atom. The molecule has 1 unspecified atom stereocenters. The van der Waals surface area contributed by atoms with Crippen LogP contribution in [0.25, 0.3) is 10.9 Å². The number of nitrogens with zero attached hydrogens (tertiary/aromatic N) is 1. The highest BCUT2D eigenvalue weighted by Gasteiger charge is 2.28. The third-order valence-corrected chi connectivity index (χ3v) is 6.03. The third kappa shape index (κ3) is 3.35. The molecule has 2 N–H and O–H groups in total. The SMILES string of the molecule is Cc1[nH]c2ccccc2c1C1CCN(C(=O)CC2CCC(=O)NC2)CC1. The van der Waals surface area contributed by atoms with Gasteiger partial charge in [-0.2, -0.15) is 0 Å². The van der Waals surface area contributed by atoms with Crippen molar-refractivity contribution < 1.29 is 9.59 Å². The van der Waals surface area contributed by atoms with Crippen molar-refractivity contribution in [2.45, 2.75) is 44.9 Å². The van der Waals surface area contributed by atoms with Gasteiger partial charge in [0.05, 0.1) is 0 Å². The van der Waals surface area contributed by atoms with E-state index in [1.807, 2.05) is 4.90 Å². The van der Waals surface area contributed by atoms with E-state index in [1.165, 1.54) is 22.2 Å². The summed E-state index contributed by atoms with van der Waals surface area (Å²) in [6.07, 6.45) is 4.01. The van der Waals surface area contributed by atoms with Crippen molar-refractivity contribution in [3.8, 4) is 0 Å². The summed E-state index contributed by atoms with van der Waals surface area (Å²) in [4.78, 5) is 29.4. The predicted molar refractivity (Wildman–Crippen MR) is 102 cm³/mol. The molecule has 0 bridgehead atoms. The van der Waals surface area contributed by atoms with Crippen LogP contribution in [0.3, 0.4) is 0 Å². The summed E-state index contributed by atoms with van der Waals surface area (Å²) in [6, 6.07) is 8.49. The van der Waals surface area contributed by atoms with Gasteiger partial charge in [0.25, 0.3) is 0 Å². The molecule has 3 heterocycles. The van der Waals surface area contributed by atoms with E-state index in [0.29, 0.717) is 31.2 Å². The smallest absolute Gasteiger partial charge is 0.222 e. The van der Waals surface area contributed by atoms with Crippen LogP contribution in [0.2, 0.25) is 0 Å². The van der Waals surface area contributed by atoms with Gasteiger partial charge >= 0.3 is 0 Å². The molecule has 138 valence electrons. The fourth-order valence-corrected chi connectivity index (χ4v) is 4.58. The molecule has 2 fully saturated rings. The number of carbonyl (C=O) groups excluding carboxylic acids is 2. The molecular weight excluding hydrogens is 326 g/mol. The van der Waals surface area contributed by atoms with Crippen LogP contribution < -0.4 is 5.32 Å². The standard InChI is InChI=1S/C21H27N3O2/c1-14-21(17-4-2-3-5-18(17)23-14)16-8-10-24(11-9-16)20(26)12-15-6-7-19(25)22-13-15/h2-5,15-16,23H,6-13H2,1H3,(H,22,25). The van der Waals surface area contributed by atoms with Crippen molar-refractivity contribution in [1.29, 1.82) is 0 Å². The molecule has 2 aromatic rings. The number of hydrogen-bond acceptors (Lipinski definition) is 2. The number of piperidine rings is 2. The minimum Gasteiger partial charge on any atom is -0.358 e. The van der Waals surface area contributed by atoms with E-state index in [2.05, 4.69) is 41.5 Å². The van der Waals surface area contributed by atoms with Crippen LogP contribution in [0.4, 0.5) is 0 Å². The quantitative estimate of drug-likeness (QED) is 0.890. The molecular formula is C21H27N3O2. The van der Waals surface area contributed by atoms with Gasteiger partial charge in [0, 0.05) is 49.1 Å². The van der Waals surface area contributed by atoms with Crippen molar-refractivity contribution in [1.82, 2.24) is 15.2 Å². The molecule has 0 radical (unpaired) electrons. The van der Waals surface area contributed by atoms with Crippen LogP contribution in [-0.4, -0.2) is 41.3 Å². The molecule has 0 aliphatic carbocycles. The summed E-state index contributed by atoms with van der Waals surface area (Å²) in [5, 5.41) is 4.20. The van der Waals surface area contributed by atoms with Crippen LogP contribution in [0, 0.1) is 12.8 Å². The lowest BCUT2D eigenvalue weighted by molar-refractivity contribution is -0.134. The monoisotopic (exact) mass is 353 g/mol. The zero-order valence-corrected chi connectivity index (χ0v) is 15.4. The van der Waals surface area contributed by atoms with Gasteiger partial charge in [-0.3, -0.25) is 9.59 Å². The number of hydrogen-bond donors (Lipinski definition) is 2. The topological polar surface area (TPSA) is 65.2 Å². The average molecular weight is 353 g/mol. The largest absolute Gasteiger partial charge is 0.358 e. The zero-order valence-electron chi connectivity index (χ0n) is 15.4. The summed E-state index contributed by atoms with van der Waals surface area (Å²) in [5.41, 5.74) is 3.90. The first-order chi connectivity index (χ1) is 12.6. The number of aromatic amines is 1. The number of amides is 2. The number of benzene rings is 1. The molecule has 4 rings (SSSR count). The molecule has 5 nitrogen and oxygen atoms in total. The number of para-hydroxylation sites is 1. The lowest BCUT2D eigenvalue weighted by atomic mass is 9.87. The number of H-pyrrole nitrogens is 1. The molecule has 2 amide bonds. The number of aryl methyl sites for hydroxylation is 1. The minimum absolute atomic E-state index is 0.114. The van der Waals surface area contributed by atoms with Crippen molar-refractivity contribution in [2.24, 2.45) is 5.92 Å². The van der Waals surface area contributed by atoms with Crippen molar-refractivity contribution >= 4 is 22.7 Å². The van der Waals surface area contributed by atoms with Gasteiger partial charge < -0.3 is 15.2 Å². The average Bonchev–Trinajstić information content (AvgIpc) is 2.99. The summed E-state index contributed by atoms with van der Waals surface area (Å²) in [7, 11) is 0. The van der Waals surface area contributed by atoms with E-state index in [9.17, 15) is 9.59 Å². The molecule has 2 aliphatic heterocycles. The maximum absolute atomic E-state index is 12.6. The Balaban J connectivity index is 1.37. The van der Waals surface area contributed by atoms with E-state index in [1.54, 1.807) is 0 Å². The van der Waals surface area contributed by atoms with E-state index >= 15 is 0 Å². The van der Waals surface area contributed by atoms with Crippen molar-refractivity contribution in [3.63, 3.8) is 0 Å². The van der Waals surface area contributed by atoms with Crippen LogP contribution in [-0.2, 0) is 9.59 Å². The summed E-state index contributed by atoms with van der Waals surface area (Å²) in [5.74, 6) is 1.18. The van der Waals surface area contributed by atoms with Crippen molar-refractivity contribution in [3.05, 3.63) is 35.5 Å². The first kappa shape index (κ1) is 17.1. The van der Waals surface area contributed by atoms with Gasteiger partial charge in [-0.1, -0.05) is 18.2 Å². The van der Waals surface area contributed by atoms with E-state index in [0.717, 1.165) is 32.4 Å². The second-order valence-electron chi connectivity index (χ2n) is 7.78. The number of fused-ring (bicyclic) bond motifs is 1. The van der Waals surface area contributed by atoms with Crippen LogP contribution >= 0.6 is 0 Å². The highest BCUT2D eigenvalue weighted by Crippen LogP contribution is 2.35. The fourth-order valence-electron chi connectivity index (χ4n) is 4.58. The van der Waals surface area contributed by atoms with Gasteiger partial charge in [-0.15, -0.1) is 0 Å². The maximum atomic E-state index is 12.6.